The average Bonchev–Trinajstić information content (AvgIpc) is 3.02. The van der Waals surface area contributed by atoms with Gasteiger partial charge in [0.05, 0.1) is 11.3 Å². The molecule has 28 heavy (non-hydrogen) atoms. The molecule has 2 aliphatic rings. The Morgan fingerprint density at radius 1 is 1.04 bits per heavy atom. The second-order valence-corrected chi connectivity index (χ2v) is 7.77. The molecule has 4 rings (SSSR count). The second-order valence-electron chi connectivity index (χ2n) is 7.77. The summed E-state index contributed by atoms with van der Waals surface area (Å²) in [5.74, 6) is 0. The lowest BCUT2D eigenvalue weighted by Crippen LogP contribution is -2.53. The van der Waals surface area contributed by atoms with Crippen LogP contribution in [0.1, 0.15) is 41.2 Å². The number of hydrogen-bond donors (Lipinski definition) is 1. The lowest BCUT2D eigenvalue weighted by Gasteiger charge is -2.35. The van der Waals surface area contributed by atoms with Crippen molar-refractivity contribution in [3.8, 4) is 0 Å². The Morgan fingerprint density at radius 2 is 1.71 bits per heavy atom. The van der Waals surface area contributed by atoms with Crippen molar-refractivity contribution < 1.29 is 22.4 Å². The normalized spacial score (nSPS) is 23.7. The third-order valence-electron chi connectivity index (χ3n) is 5.42. The predicted octanol–water partition coefficient (Wildman–Crippen LogP) is 4.82. The number of nitrogens with one attached hydrogen (secondary N) is 1. The fourth-order valence-electron chi connectivity index (χ4n) is 3.61. The molecule has 1 fully saturated rings. The van der Waals surface area contributed by atoms with Gasteiger partial charge in [-0.15, -0.1) is 0 Å². The maximum Gasteiger partial charge on any atom is 0.416 e. The lowest BCUT2D eigenvalue weighted by molar-refractivity contribution is -0.137. The predicted molar refractivity (Wildman–Crippen MR) is 97.9 cm³/mol. The molecule has 2 aromatic carbocycles. The molecule has 1 atom stereocenters. The van der Waals surface area contributed by atoms with Gasteiger partial charge in [0, 0.05) is 19.5 Å². The largest absolute Gasteiger partial charge is 0.416 e. The van der Waals surface area contributed by atoms with Gasteiger partial charge in [0.2, 0.25) is 0 Å². The number of aryl methyl sites for hydroxylation is 1. The van der Waals surface area contributed by atoms with E-state index in [1.165, 1.54) is 0 Å². The fraction of sp³-hybridized carbons (Fsp3) is 0.381. The molecule has 1 saturated heterocycles. The number of benzene rings is 2. The molecule has 0 amide bonds. The molecule has 7 heteroatoms. The third-order valence-corrected chi connectivity index (χ3v) is 5.42. The van der Waals surface area contributed by atoms with Crippen molar-refractivity contribution in [1.82, 2.24) is 5.32 Å². The van der Waals surface area contributed by atoms with Crippen LogP contribution in [0.3, 0.4) is 0 Å². The van der Waals surface area contributed by atoms with Crippen LogP contribution in [-0.2, 0) is 22.3 Å². The first-order chi connectivity index (χ1) is 13.1. The fourth-order valence-corrected chi connectivity index (χ4v) is 3.61. The molecule has 2 aromatic rings. The summed E-state index contributed by atoms with van der Waals surface area (Å²) in [5.41, 5.74) is -0.0853. The summed E-state index contributed by atoms with van der Waals surface area (Å²) < 4.78 is 53.9. The highest BCUT2D eigenvalue weighted by molar-refractivity contribution is 6.01. The summed E-state index contributed by atoms with van der Waals surface area (Å²) in [6.07, 6.45) is -4.09. The Kier molecular flexibility index (Phi) is 4.26. The van der Waals surface area contributed by atoms with Gasteiger partial charge in [-0.1, -0.05) is 41.1 Å². The number of nitrogens with zero attached hydrogens (tertiary/aromatic N) is 1. The molecule has 148 valence electrons. The molecule has 0 spiro atoms. The first kappa shape index (κ1) is 18.9. The monoisotopic (exact) mass is 392 g/mol. The van der Waals surface area contributed by atoms with Gasteiger partial charge in [-0.25, -0.2) is 4.39 Å². The molecule has 0 aromatic heterocycles. The highest BCUT2D eigenvalue weighted by atomic mass is 19.4. The maximum atomic E-state index is 14.5. The lowest BCUT2D eigenvalue weighted by atomic mass is 9.86. The smallest absolute Gasteiger partial charge is 0.384 e. The van der Waals surface area contributed by atoms with Gasteiger partial charge in [-0.2, -0.15) is 13.2 Å². The average molecular weight is 392 g/mol. The summed E-state index contributed by atoms with van der Waals surface area (Å²) in [4.78, 5) is 5.58. The Bertz CT molecular complexity index is 932. The molecule has 0 radical (unpaired) electrons. The van der Waals surface area contributed by atoms with Crippen molar-refractivity contribution >= 4 is 5.71 Å². The van der Waals surface area contributed by atoms with E-state index in [0.717, 1.165) is 17.7 Å². The van der Waals surface area contributed by atoms with Gasteiger partial charge in [-0.3, -0.25) is 0 Å². The van der Waals surface area contributed by atoms with E-state index in [2.05, 4.69) is 10.5 Å². The number of alkyl halides is 4. The van der Waals surface area contributed by atoms with E-state index in [0.29, 0.717) is 41.9 Å². The van der Waals surface area contributed by atoms with Crippen LogP contribution in [0.5, 0.6) is 0 Å². The van der Waals surface area contributed by atoms with Crippen LogP contribution in [0.4, 0.5) is 17.6 Å². The molecular formula is C21H20F4N2O. The molecule has 0 aliphatic carbocycles. The SMILES string of the molecule is Cc1cc(C(F)(F)F)cc(C2(C)CC(c3ccc(C4(F)CNC4)cc3)=NO2)c1. The van der Waals surface area contributed by atoms with Crippen LogP contribution >= 0.6 is 0 Å². The number of oxime groups is 1. The van der Waals surface area contributed by atoms with Crippen molar-refractivity contribution in [2.24, 2.45) is 5.16 Å². The number of hydrogen-bond acceptors (Lipinski definition) is 3. The van der Waals surface area contributed by atoms with E-state index in [1.54, 1.807) is 44.2 Å². The molecule has 2 heterocycles. The van der Waals surface area contributed by atoms with Gasteiger partial charge in [0.15, 0.2) is 11.3 Å². The third kappa shape index (κ3) is 3.28. The molecule has 1 unspecified atom stereocenters. The minimum absolute atomic E-state index is 0.295. The summed E-state index contributed by atoms with van der Waals surface area (Å²) >= 11 is 0. The van der Waals surface area contributed by atoms with E-state index >= 15 is 0 Å². The van der Waals surface area contributed by atoms with Gasteiger partial charge >= 0.3 is 6.18 Å². The van der Waals surface area contributed by atoms with Gasteiger partial charge in [-0.05, 0) is 42.7 Å². The first-order valence-corrected chi connectivity index (χ1v) is 9.04. The zero-order chi connectivity index (χ0) is 20.2. The van der Waals surface area contributed by atoms with Crippen molar-refractivity contribution in [3.63, 3.8) is 0 Å². The summed E-state index contributed by atoms with van der Waals surface area (Å²) in [7, 11) is 0. The Labute approximate surface area is 160 Å². The second kappa shape index (κ2) is 6.30. The highest BCUT2D eigenvalue weighted by Gasteiger charge is 2.41. The Morgan fingerprint density at radius 3 is 2.29 bits per heavy atom. The van der Waals surface area contributed by atoms with Crippen LogP contribution in [0, 0.1) is 6.92 Å². The van der Waals surface area contributed by atoms with E-state index in [4.69, 9.17) is 4.84 Å². The summed E-state index contributed by atoms with van der Waals surface area (Å²) in [6.45, 7) is 3.94. The van der Waals surface area contributed by atoms with Gasteiger partial charge in [0.25, 0.3) is 0 Å². The summed E-state index contributed by atoms with van der Waals surface area (Å²) in [6, 6.07) is 10.9. The Balaban J connectivity index is 1.57. The minimum Gasteiger partial charge on any atom is -0.384 e. The van der Waals surface area contributed by atoms with Crippen molar-refractivity contribution in [1.29, 1.82) is 0 Å². The standard InChI is InChI=1S/C21H20F4N2O/c1-13-7-16(9-17(8-13)21(23,24)25)19(2)10-18(27-28-19)14-3-5-15(6-4-14)20(22)11-26-12-20/h3-9,26H,10-12H2,1-2H3. The Hall–Kier alpha value is -2.41. The van der Waals surface area contributed by atoms with Crippen molar-refractivity contribution in [3.05, 3.63) is 70.3 Å². The van der Waals surface area contributed by atoms with Crippen LogP contribution in [0.25, 0.3) is 0 Å². The maximum absolute atomic E-state index is 14.5. The van der Waals surface area contributed by atoms with E-state index < -0.39 is 23.0 Å². The van der Waals surface area contributed by atoms with E-state index in [-0.39, 0.29) is 0 Å². The minimum atomic E-state index is -4.42. The molecular weight excluding hydrogens is 372 g/mol. The molecule has 2 aliphatic heterocycles. The molecule has 3 nitrogen and oxygen atoms in total. The number of halogens is 4. The van der Waals surface area contributed by atoms with Crippen molar-refractivity contribution in [2.45, 2.75) is 37.7 Å². The van der Waals surface area contributed by atoms with E-state index in [1.807, 2.05) is 0 Å². The van der Waals surface area contributed by atoms with Crippen LogP contribution in [0.15, 0.2) is 47.6 Å². The van der Waals surface area contributed by atoms with Gasteiger partial charge in [0.1, 0.15) is 0 Å². The van der Waals surface area contributed by atoms with E-state index in [9.17, 15) is 17.6 Å². The quantitative estimate of drug-likeness (QED) is 0.760. The molecule has 1 N–H and O–H groups in total. The van der Waals surface area contributed by atoms with Crippen LogP contribution in [-0.4, -0.2) is 18.8 Å². The zero-order valence-corrected chi connectivity index (χ0v) is 15.5. The van der Waals surface area contributed by atoms with Gasteiger partial charge < -0.3 is 10.2 Å². The topological polar surface area (TPSA) is 33.6 Å². The zero-order valence-electron chi connectivity index (χ0n) is 15.5. The first-order valence-electron chi connectivity index (χ1n) is 9.04. The highest BCUT2D eigenvalue weighted by Crippen LogP contribution is 2.40. The number of rotatable bonds is 3. The molecule has 0 saturated carbocycles. The van der Waals surface area contributed by atoms with Crippen LogP contribution < -0.4 is 5.32 Å². The molecule has 0 bridgehead atoms. The van der Waals surface area contributed by atoms with Crippen molar-refractivity contribution in [2.75, 3.05) is 13.1 Å². The summed E-state index contributed by atoms with van der Waals surface area (Å²) in [5, 5.41) is 7.03. The van der Waals surface area contributed by atoms with Crippen LogP contribution in [0.2, 0.25) is 0 Å².